The first-order chi connectivity index (χ1) is 24.2. The summed E-state index contributed by atoms with van der Waals surface area (Å²) in [4.78, 5) is 54.0. The molecule has 4 rings (SSSR count). The van der Waals surface area contributed by atoms with Crippen molar-refractivity contribution in [2.24, 2.45) is 5.92 Å². The van der Waals surface area contributed by atoms with E-state index in [2.05, 4.69) is 20.5 Å². The van der Waals surface area contributed by atoms with Gasteiger partial charge >= 0.3 is 24.9 Å². The maximum atomic E-state index is 14.4. The minimum Gasteiger partial charge on any atom is -0.483 e. The van der Waals surface area contributed by atoms with E-state index in [1.807, 2.05) is 93.6 Å². The number of amides is 3. The van der Waals surface area contributed by atoms with Crippen LogP contribution in [0.25, 0.3) is 10.9 Å². The number of H-pyrrole nitrogens is 1. The highest BCUT2D eigenvalue weighted by Gasteiger charge is 2.39. The van der Waals surface area contributed by atoms with Crippen molar-refractivity contribution >= 4 is 52.6 Å². The van der Waals surface area contributed by atoms with Crippen LogP contribution in [-0.4, -0.2) is 123 Å². The van der Waals surface area contributed by atoms with E-state index < -0.39 is 24.9 Å². The summed E-state index contributed by atoms with van der Waals surface area (Å²) in [6.45, 7) is 0.694. The van der Waals surface area contributed by atoms with E-state index in [0.29, 0.717) is 24.7 Å². The molecule has 3 aromatic rings. The van der Waals surface area contributed by atoms with E-state index in [-0.39, 0.29) is 30.2 Å². The van der Waals surface area contributed by atoms with Crippen molar-refractivity contribution in [1.29, 1.82) is 0 Å². The SMILES string of the molecule is CC(c1c[nH]c2ccccc12)C(NC(=O)NCCN(C)C)C(=O)N1C[C@@H](CN(C)C)Cc2cc(Cl)ccc21.FC(F)F.O=C(O)C(F)(F)F.O=CO. The number of anilines is 1. The smallest absolute Gasteiger partial charge is 0.483 e. The fraction of sp³-hybridized carbons (Fsp3) is 0.455. The number of hydrogen-bond acceptors (Lipinski definition) is 6. The Bertz CT molecular complexity index is 1590. The Labute approximate surface area is 301 Å². The van der Waals surface area contributed by atoms with Crippen LogP contribution >= 0.6 is 11.6 Å². The van der Waals surface area contributed by atoms with Gasteiger partial charge in [0.25, 0.3) is 6.47 Å². The third-order valence-corrected chi connectivity index (χ3v) is 7.66. The molecule has 12 nitrogen and oxygen atoms in total. The van der Waals surface area contributed by atoms with Gasteiger partial charge in [-0.1, -0.05) is 36.7 Å². The number of alkyl halides is 6. The number of para-hydroxylation sites is 1. The number of aromatic amines is 1. The Morgan fingerprint density at radius 1 is 1.08 bits per heavy atom. The second-order valence-electron chi connectivity index (χ2n) is 12.0. The largest absolute Gasteiger partial charge is 0.490 e. The van der Waals surface area contributed by atoms with Crippen molar-refractivity contribution in [3.05, 3.63) is 64.8 Å². The number of nitrogens with one attached hydrogen (secondary N) is 3. The summed E-state index contributed by atoms with van der Waals surface area (Å²) in [6, 6.07) is 12.6. The van der Waals surface area contributed by atoms with Gasteiger partial charge in [0, 0.05) is 59.9 Å². The van der Waals surface area contributed by atoms with Crippen LogP contribution in [0.1, 0.15) is 24.0 Å². The highest BCUT2D eigenvalue weighted by atomic mass is 35.5. The highest BCUT2D eigenvalue weighted by molar-refractivity contribution is 6.30. The quantitative estimate of drug-likeness (QED) is 0.142. The van der Waals surface area contributed by atoms with Crippen LogP contribution in [0.2, 0.25) is 5.02 Å². The third kappa shape index (κ3) is 15.4. The Morgan fingerprint density at radius 2 is 1.65 bits per heavy atom. The second kappa shape index (κ2) is 21.7. The van der Waals surface area contributed by atoms with Crippen LogP contribution in [0, 0.1) is 5.92 Å². The van der Waals surface area contributed by atoms with Gasteiger partial charge in [-0.05, 0) is 75.9 Å². The topological polar surface area (TPSA) is 158 Å². The van der Waals surface area contributed by atoms with Gasteiger partial charge in [0.05, 0.1) is 0 Å². The number of aromatic nitrogens is 1. The first-order valence-corrected chi connectivity index (χ1v) is 15.9. The zero-order valence-corrected chi connectivity index (χ0v) is 29.8. The second-order valence-corrected chi connectivity index (χ2v) is 12.4. The number of rotatable bonds is 9. The molecule has 0 spiro atoms. The normalized spacial score (nSPS) is 14.8. The lowest BCUT2D eigenvalue weighted by molar-refractivity contribution is -0.192. The van der Waals surface area contributed by atoms with Gasteiger partial charge in [-0.15, -0.1) is 0 Å². The Balaban J connectivity index is 0.000000823. The molecule has 2 heterocycles. The van der Waals surface area contributed by atoms with Crippen LogP contribution < -0.4 is 15.5 Å². The molecule has 2 unspecified atom stereocenters. The van der Waals surface area contributed by atoms with Gasteiger partial charge in [0.15, 0.2) is 0 Å². The molecule has 3 amide bonds. The Hall–Kier alpha value is -4.55. The van der Waals surface area contributed by atoms with Gasteiger partial charge in [0.1, 0.15) is 6.04 Å². The highest BCUT2D eigenvalue weighted by Crippen LogP contribution is 2.35. The fourth-order valence-electron chi connectivity index (χ4n) is 5.36. The molecule has 5 N–H and O–H groups in total. The van der Waals surface area contributed by atoms with Gasteiger partial charge in [-0.2, -0.15) is 26.3 Å². The number of benzene rings is 2. The number of carbonyl (C=O) groups excluding carboxylic acids is 2. The van der Waals surface area contributed by atoms with Crippen LogP contribution in [0.15, 0.2) is 48.7 Å². The molecule has 1 aliphatic rings. The van der Waals surface area contributed by atoms with Crippen molar-refractivity contribution in [1.82, 2.24) is 25.4 Å². The number of hydrogen-bond donors (Lipinski definition) is 5. The minimum atomic E-state index is -5.08. The van der Waals surface area contributed by atoms with Crippen molar-refractivity contribution in [2.75, 3.05) is 59.3 Å². The molecule has 2 aromatic carbocycles. The molecule has 0 bridgehead atoms. The molecule has 1 aliphatic heterocycles. The average Bonchev–Trinajstić information content (AvgIpc) is 3.46. The molecule has 0 radical (unpaired) electrons. The van der Waals surface area contributed by atoms with Gasteiger partial charge in [-0.3, -0.25) is 9.59 Å². The molecule has 290 valence electrons. The van der Waals surface area contributed by atoms with Gasteiger partial charge in [-0.25, -0.2) is 9.59 Å². The summed E-state index contributed by atoms with van der Waals surface area (Å²) in [7, 11) is 7.99. The van der Waals surface area contributed by atoms with E-state index >= 15 is 0 Å². The zero-order chi connectivity index (χ0) is 39.8. The molecule has 1 aromatic heterocycles. The molecule has 52 heavy (non-hydrogen) atoms. The van der Waals surface area contributed by atoms with E-state index in [0.717, 1.165) is 40.7 Å². The minimum absolute atomic E-state index is 0.127. The third-order valence-electron chi connectivity index (χ3n) is 7.42. The van der Waals surface area contributed by atoms with Crippen molar-refractivity contribution in [3.63, 3.8) is 0 Å². The van der Waals surface area contributed by atoms with Crippen LogP contribution in [0.4, 0.5) is 36.8 Å². The molecule has 3 atom stereocenters. The van der Waals surface area contributed by atoms with E-state index in [1.54, 1.807) is 0 Å². The lowest BCUT2D eigenvalue weighted by Gasteiger charge is -2.38. The van der Waals surface area contributed by atoms with Crippen molar-refractivity contribution in [2.45, 2.75) is 38.2 Å². The number of fused-ring (bicyclic) bond motifs is 2. The molecule has 0 aliphatic carbocycles. The number of nitrogens with zero attached hydrogens (tertiary/aromatic N) is 3. The summed E-state index contributed by atoms with van der Waals surface area (Å²) < 4.78 is 60.7. The lowest BCUT2D eigenvalue weighted by Crippen LogP contribution is -2.56. The Morgan fingerprint density at radius 3 is 2.19 bits per heavy atom. The zero-order valence-electron chi connectivity index (χ0n) is 29.1. The summed E-state index contributed by atoms with van der Waals surface area (Å²) in [6.07, 6.45) is -2.29. The number of urea groups is 1. The number of carbonyl (C=O) groups is 4. The molecule has 19 heteroatoms. The maximum absolute atomic E-state index is 14.4. The predicted molar refractivity (Wildman–Crippen MR) is 185 cm³/mol. The van der Waals surface area contributed by atoms with Crippen LogP contribution in [0.3, 0.4) is 0 Å². The molecule has 0 saturated heterocycles. The van der Waals surface area contributed by atoms with Crippen LogP contribution in [-0.2, 0) is 20.8 Å². The molecular formula is C33H43ClF6N6O6. The van der Waals surface area contributed by atoms with Crippen LogP contribution in [0.5, 0.6) is 0 Å². The monoisotopic (exact) mass is 768 g/mol. The number of carboxylic acid groups (broad SMARTS) is 2. The molecule has 0 fully saturated rings. The first kappa shape index (κ1) is 45.5. The number of aliphatic carboxylic acids is 1. The summed E-state index contributed by atoms with van der Waals surface area (Å²) in [5, 5.41) is 21.7. The summed E-state index contributed by atoms with van der Waals surface area (Å²) in [5.74, 6) is -2.91. The van der Waals surface area contributed by atoms with Gasteiger partial charge < -0.3 is 40.5 Å². The Kier molecular flexibility index (Phi) is 19.0. The predicted octanol–water partition coefficient (Wildman–Crippen LogP) is 5.43. The summed E-state index contributed by atoms with van der Waals surface area (Å²) in [5.41, 5.74) is 3.91. The number of likely N-dealkylation sites (N-methyl/N-ethyl adjacent to an activating group) is 1. The number of carboxylic acids is 1. The average molecular weight is 769 g/mol. The van der Waals surface area contributed by atoms with E-state index in [1.165, 1.54) is 0 Å². The van der Waals surface area contributed by atoms with Crippen molar-refractivity contribution < 1.29 is 55.7 Å². The van der Waals surface area contributed by atoms with Gasteiger partial charge in [0.2, 0.25) is 5.91 Å². The number of halogens is 7. The fourth-order valence-corrected chi connectivity index (χ4v) is 5.56. The summed E-state index contributed by atoms with van der Waals surface area (Å²) >= 11 is 6.35. The standard InChI is InChI=1S/C29H39ClN6O2.C2HF3O2.CHF3.CH2O2/c1-19(24-16-32-25-9-7-6-8-23(24)25)27(33-29(38)31-12-13-34(2)3)28(37)36-18-20(17-35(4)5)14-21-15-22(30)10-11-26(21)36;3-2(4,5)1(6)7;2-1(3)4;2-1-3/h6-11,15-16,19-20,27,32H,12-14,17-18H2,1-5H3,(H2,31,33,38);(H,6,7);1H;1H,(H,2,3)/t19?,20-,27?;;;/m1.../s1. The van der Waals surface area contributed by atoms with Crippen molar-refractivity contribution in [3.8, 4) is 0 Å². The maximum Gasteiger partial charge on any atom is 0.490 e. The lowest BCUT2D eigenvalue weighted by atomic mass is 9.88. The van der Waals surface area contributed by atoms with E-state index in [4.69, 9.17) is 31.4 Å². The van der Waals surface area contributed by atoms with E-state index in [9.17, 15) is 35.9 Å². The molecule has 0 saturated carbocycles. The first-order valence-electron chi connectivity index (χ1n) is 15.5. The molecular weight excluding hydrogens is 726 g/mol.